The molecule has 0 saturated heterocycles. The zero-order valence-electron chi connectivity index (χ0n) is 11.0. The third-order valence-electron chi connectivity index (χ3n) is 2.78. The highest BCUT2D eigenvalue weighted by Gasteiger charge is 2.23. The molecule has 1 heterocycles. The second kappa shape index (κ2) is 6.16. The smallest absolute Gasteiger partial charge is 0.256 e. The van der Waals surface area contributed by atoms with Gasteiger partial charge in [-0.15, -0.1) is 0 Å². The molecular weight excluding hydrogens is 318 g/mol. The SMILES string of the molecule is Cn1nccc1S(=O)(=O)NCC(C)(C)CCCBr. The van der Waals surface area contributed by atoms with Crippen molar-refractivity contribution in [3.8, 4) is 0 Å². The first-order chi connectivity index (χ1) is 8.28. The van der Waals surface area contributed by atoms with Gasteiger partial charge in [0, 0.05) is 18.9 Å². The van der Waals surface area contributed by atoms with E-state index in [2.05, 4.69) is 39.6 Å². The Morgan fingerprint density at radius 1 is 1.50 bits per heavy atom. The third-order valence-corrected chi connectivity index (χ3v) is 4.82. The van der Waals surface area contributed by atoms with Gasteiger partial charge in [-0.05, 0) is 24.3 Å². The molecule has 5 nitrogen and oxygen atoms in total. The van der Waals surface area contributed by atoms with Crippen LogP contribution in [0.5, 0.6) is 0 Å². The van der Waals surface area contributed by atoms with Crippen molar-refractivity contribution in [1.82, 2.24) is 14.5 Å². The first-order valence-electron chi connectivity index (χ1n) is 5.82. The zero-order valence-corrected chi connectivity index (χ0v) is 13.4. The van der Waals surface area contributed by atoms with Gasteiger partial charge in [-0.2, -0.15) is 5.10 Å². The minimum absolute atomic E-state index is 0.0561. The molecule has 18 heavy (non-hydrogen) atoms. The van der Waals surface area contributed by atoms with E-state index in [9.17, 15) is 8.42 Å². The standard InChI is InChI=1S/C11H20BrN3O2S/c1-11(2,6-4-7-12)9-14-18(16,17)10-5-8-13-15(10)3/h5,8,14H,4,6-7,9H2,1-3H3. The van der Waals surface area contributed by atoms with Gasteiger partial charge in [0.05, 0.1) is 6.20 Å². The maximum Gasteiger partial charge on any atom is 0.257 e. The number of aromatic nitrogens is 2. The van der Waals surface area contributed by atoms with Gasteiger partial charge in [0.1, 0.15) is 0 Å². The number of hydrogen-bond acceptors (Lipinski definition) is 3. The fourth-order valence-corrected chi connectivity index (χ4v) is 3.27. The van der Waals surface area contributed by atoms with Gasteiger partial charge in [0.15, 0.2) is 5.03 Å². The van der Waals surface area contributed by atoms with E-state index in [1.807, 2.05) is 0 Å². The molecule has 0 bridgehead atoms. The first kappa shape index (κ1) is 15.7. The Hall–Kier alpha value is -0.400. The van der Waals surface area contributed by atoms with Crippen LogP contribution in [0.2, 0.25) is 0 Å². The Labute approximate surface area is 117 Å². The molecule has 0 radical (unpaired) electrons. The molecule has 0 aliphatic heterocycles. The number of hydrogen-bond donors (Lipinski definition) is 1. The highest BCUT2D eigenvalue weighted by atomic mass is 79.9. The fraction of sp³-hybridized carbons (Fsp3) is 0.727. The lowest BCUT2D eigenvalue weighted by Crippen LogP contribution is -2.35. The van der Waals surface area contributed by atoms with Crippen molar-refractivity contribution in [3.63, 3.8) is 0 Å². The van der Waals surface area contributed by atoms with Crippen molar-refractivity contribution >= 4 is 26.0 Å². The van der Waals surface area contributed by atoms with Gasteiger partial charge < -0.3 is 0 Å². The second-order valence-electron chi connectivity index (χ2n) is 5.07. The Morgan fingerprint density at radius 3 is 2.67 bits per heavy atom. The zero-order chi connectivity index (χ0) is 13.8. The van der Waals surface area contributed by atoms with E-state index in [0.29, 0.717) is 6.54 Å². The maximum absolute atomic E-state index is 12.1. The van der Waals surface area contributed by atoms with Crippen molar-refractivity contribution in [2.24, 2.45) is 12.5 Å². The van der Waals surface area contributed by atoms with Gasteiger partial charge in [-0.1, -0.05) is 29.8 Å². The average molecular weight is 338 g/mol. The predicted octanol–water partition coefficient (Wildman–Crippen LogP) is 1.90. The summed E-state index contributed by atoms with van der Waals surface area (Å²) in [6.07, 6.45) is 3.47. The fourth-order valence-electron chi connectivity index (χ4n) is 1.62. The van der Waals surface area contributed by atoms with Crippen LogP contribution in [0.1, 0.15) is 26.7 Å². The Balaban J connectivity index is 2.66. The molecule has 0 aliphatic carbocycles. The summed E-state index contributed by atoms with van der Waals surface area (Å²) in [6.45, 7) is 4.54. The normalized spacial score (nSPS) is 12.9. The molecule has 104 valence electrons. The molecule has 1 aromatic heterocycles. The van der Waals surface area contributed by atoms with Crippen molar-refractivity contribution in [2.75, 3.05) is 11.9 Å². The molecule has 0 unspecified atom stereocenters. The van der Waals surface area contributed by atoms with Crippen molar-refractivity contribution in [1.29, 1.82) is 0 Å². The molecule has 0 aliphatic rings. The molecular formula is C11H20BrN3O2S. The van der Waals surface area contributed by atoms with Crippen molar-refractivity contribution in [3.05, 3.63) is 12.3 Å². The molecule has 7 heteroatoms. The number of sulfonamides is 1. The van der Waals surface area contributed by atoms with E-state index < -0.39 is 10.0 Å². The van der Waals surface area contributed by atoms with Gasteiger partial charge in [0.2, 0.25) is 0 Å². The Morgan fingerprint density at radius 2 is 2.17 bits per heavy atom. The Kier molecular flexibility index (Phi) is 5.36. The molecule has 1 N–H and O–H groups in total. The summed E-state index contributed by atoms with van der Waals surface area (Å²) >= 11 is 3.38. The number of nitrogens with one attached hydrogen (secondary N) is 1. The maximum atomic E-state index is 12.1. The number of nitrogens with zero attached hydrogens (tertiary/aromatic N) is 2. The molecule has 0 amide bonds. The topological polar surface area (TPSA) is 64.0 Å². The van der Waals surface area contributed by atoms with E-state index >= 15 is 0 Å². The van der Waals surface area contributed by atoms with Crippen LogP contribution in [0, 0.1) is 5.41 Å². The highest BCUT2D eigenvalue weighted by Crippen LogP contribution is 2.22. The highest BCUT2D eigenvalue weighted by molar-refractivity contribution is 9.09. The predicted molar refractivity (Wildman–Crippen MR) is 75.2 cm³/mol. The minimum atomic E-state index is -3.47. The summed E-state index contributed by atoms with van der Waals surface area (Å²) in [4.78, 5) is 0. The van der Waals surface area contributed by atoms with Crippen molar-refractivity contribution < 1.29 is 8.42 Å². The van der Waals surface area contributed by atoms with Crippen LogP contribution in [0.4, 0.5) is 0 Å². The monoisotopic (exact) mass is 337 g/mol. The van der Waals surface area contributed by atoms with Gasteiger partial charge >= 0.3 is 0 Å². The molecule has 1 aromatic rings. The molecule has 0 saturated carbocycles. The summed E-state index contributed by atoms with van der Waals surface area (Å²) in [5, 5.41) is 5.00. The third kappa shape index (κ3) is 4.37. The summed E-state index contributed by atoms with van der Waals surface area (Å²) in [7, 11) is -1.85. The van der Waals surface area contributed by atoms with E-state index in [4.69, 9.17) is 0 Å². The number of rotatable bonds is 7. The molecule has 0 fully saturated rings. The molecule has 0 atom stereocenters. The quantitative estimate of drug-likeness (QED) is 0.773. The summed E-state index contributed by atoms with van der Waals surface area (Å²) in [5.74, 6) is 0. The van der Waals surface area contributed by atoms with Crippen LogP contribution in [0.3, 0.4) is 0 Å². The summed E-state index contributed by atoms with van der Waals surface area (Å²) in [6, 6.07) is 1.49. The van der Waals surface area contributed by atoms with E-state index in [1.165, 1.54) is 16.9 Å². The van der Waals surface area contributed by atoms with Gasteiger partial charge in [-0.25, -0.2) is 13.1 Å². The summed E-state index contributed by atoms with van der Waals surface area (Å²) < 4.78 is 28.1. The van der Waals surface area contributed by atoms with Crippen LogP contribution in [0.25, 0.3) is 0 Å². The molecule has 0 spiro atoms. The number of aryl methyl sites for hydroxylation is 1. The van der Waals surface area contributed by atoms with E-state index in [0.717, 1.165) is 18.2 Å². The summed E-state index contributed by atoms with van der Waals surface area (Å²) in [5.41, 5.74) is -0.0561. The minimum Gasteiger partial charge on any atom is -0.256 e. The van der Waals surface area contributed by atoms with E-state index in [-0.39, 0.29) is 10.4 Å². The van der Waals surface area contributed by atoms with Crippen LogP contribution < -0.4 is 4.72 Å². The first-order valence-corrected chi connectivity index (χ1v) is 8.43. The molecule has 0 aromatic carbocycles. The Bertz CT molecular complexity index is 482. The van der Waals surface area contributed by atoms with Crippen LogP contribution in [-0.4, -0.2) is 30.1 Å². The van der Waals surface area contributed by atoms with E-state index in [1.54, 1.807) is 7.05 Å². The number of alkyl halides is 1. The van der Waals surface area contributed by atoms with Crippen LogP contribution in [0.15, 0.2) is 17.3 Å². The average Bonchev–Trinajstić information content (AvgIpc) is 2.71. The van der Waals surface area contributed by atoms with Gasteiger partial charge in [0.25, 0.3) is 10.0 Å². The lowest BCUT2D eigenvalue weighted by Gasteiger charge is -2.24. The van der Waals surface area contributed by atoms with Crippen LogP contribution in [-0.2, 0) is 17.1 Å². The lowest BCUT2D eigenvalue weighted by molar-refractivity contribution is 0.332. The van der Waals surface area contributed by atoms with Crippen LogP contribution >= 0.6 is 15.9 Å². The molecule has 1 rings (SSSR count). The van der Waals surface area contributed by atoms with Crippen molar-refractivity contribution in [2.45, 2.75) is 31.7 Å². The van der Waals surface area contributed by atoms with Gasteiger partial charge in [-0.3, -0.25) is 4.68 Å². The second-order valence-corrected chi connectivity index (χ2v) is 7.58. The largest absolute Gasteiger partial charge is 0.257 e. The lowest BCUT2D eigenvalue weighted by atomic mass is 9.88. The number of halogens is 1.